The summed E-state index contributed by atoms with van der Waals surface area (Å²) in [5.41, 5.74) is 2.26. The van der Waals surface area contributed by atoms with E-state index < -0.39 is 0 Å². The fourth-order valence-electron chi connectivity index (χ4n) is 2.77. The normalized spacial score (nSPS) is 13.0. The Kier molecular flexibility index (Phi) is 5.23. The van der Waals surface area contributed by atoms with E-state index in [-0.39, 0.29) is 0 Å². The van der Waals surface area contributed by atoms with Crippen LogP contribution in [0.25, 0.3) is 5.65 Å². The first-order valence-corrected chi connectivity index (χ1v) is 7.94. The first-order valence-electron chi connectivity index (χ1n) is 7.94. The van der Waals surface area contributed by atoms with Crippen molar-refractivity contribution in [1.29, 1.82) is 0 Å². The van der Waals surface area contributed by atoms with Gasteiger partial charge in [0.05, 0.1) is 5.69 Å². The number of imidazole rings is 1. The number of hydrogen-bond acceptors (Lipinski definition) is 3. The summed E-state index contributed by atoms with van der Waals surface area (Å²) >= 11 is 0. The molecular formula is C17H28N4. The molecule has 2 rings (SSSR count). The first kappa shape index (κ1) is 15.8. The Morgan fingerprint density at radius 1 is 1.29 bits per heavy atom. The topological polar surface area (TPSA) is 32.6 Å². The van der Waals surface area contributed by atoms with Crippen molar-refractivity contribution >= 4 is 11.5 Å². The lowest BCUT2D eigenvalue weighted by Gasteiger charge is -2.27. The van der Waals surface area contributed by atoms with Gasteiger partial charge in [-0.15, -0.1) is 0 Å². The van der Waals surface area contributed by atoms with Crippen molar-refractivity contribution in [3.8, 4) is 0 Å². The van der Waals surface area contributed by atoms with E-state index in [1.54, 1.807) is 0 Å². The van der Waals surface area contributed by atoms with E-state index in [1.807, 2.05) is 6.07 Å². The molecule has 0 aliphatic carbocycles. The van der Waals surface area contributed by atoms with Crippen LogP contribution in [0.2, 0.25) is 0 Å². The van der Waals surface area contributed by atoms with Crippen LogP contribution in [0.3, 0.4) is 0 Å². The Bertz CT molecular complexity index is 573. The molecule has 0 radical (unpaired) electrons. The highest BCUT2D eigenvalue weighted by atomic mass is 15.2. The van der Waals surface area contributed by atoms with Crippen molar-refractivity contribution < 1.29 is 0 Å². The summed E-state index contributed by atoms with van der Waals surface area (Å²) in [5, 5.41) is 3.43. The molecule has 0 spiro atoms. The van der Waals surface area contributed by atoms with Gasteiger partial charge >= 0.3 is 0 Å². The highest BCUT2D eigenvalue weighted by Gasteiger charge is 2.19. The molecular weight excluding hydrogens is 260 g/mol. The minimum Gasteiger partial charge on any atom is -0.355 e. The van der Waals surface area contributed by atoms with E-state index in [1.165, 1.54) is 12.1 Å². The Balaban J connectivity index is 2.36. The van der Waals surface area contributed by atoms with Crippen molar-refractivity contribution in [2.45, 2.75) is 46.7 Å². The number of nitrogens with one attached hydrogen (secondary N) is 1. The SMILES string of the molecule is CCNCc1c(N(C)C(C)CC(C)C)nc2ccccn12. The molecule has 2 heterocycles. The average Bonchev–Trinajstić information content (AvgIpc) is 2.82. The van der Waals surface area contributed by atoms with Gasteiger partial charge in [-0.05, 0) is 37.9 Å². The molecule has 0 saturated heterocycles. The van der Waals surface area contributed by atoms with Crippen LogP contribution in [0.4, 0.5) is 5.82 Å². The second-order valence-electron chi connectivity index (χ2n) is 6.18. The van der Waals surface area contributed by atoms with Crippen LogP contribution in [-0.4, -0.2) is 29.0 Å². The summed E-state index contributed by atoms with van der Waals surface area (Å²) in [7, 11) is 2.16. The van der Waals surface area contributed by atoms with Crippen LogP contribution in [-0.2, 0) is 6.54 Å². The van der Waals surface area contributed by atoms with Gasteiger partial charge in [-0.3, -0.25) is 0 Å². The second-order valence-corrected chi connectivity index (χ2v) is 6.18. The molecule has 0 saturated carbocycles. The van der Waals surface area contributed by atoms with Gasteiger partial charge in [0.2, 0.25) is 0 Å². The lowest BCUT2D eigenvalue weighted by molar-refractivity contribution is 0.501. The number of hydrogen-bond donors (Lipinski definition) is 1. The Morgan fingerprint density at radius 3 is 2.71 bits per heavy atom. The van der Waals surface area contributed by atoms with Gasteiger partial charge in [0.1, 0.15) is 5.65 Å². The maximum Gasteiger partial charge on any atom is 0.152 e. The zero-order chi connectivity index (χ0) is 15.4. The molecule has 116 valence electrons. The van der Waals surface area contributed by atoms with Crippen molar-refractivity contribution in [3.05, 3.63) is 30.1 Å². The van der Waals surface area contributed by atoms with E-state index >= 15 is 0 Å². The standard InChI is InChI=1S/C17H28N4/c1-6-18-12-15-17(20(5)14(4)11-13(2)3)19-16-9-7-8-10-21(15)16/h7-10,13-14,18H,6,11-12H2,1-5H3. The summed E-state index contributed by atoms with van der Waals surface area (Å²) in [6.07, 6.45) is 3.27. The minimum atomic E-state index is 0.482. The predicted molar refractivity (Wildman–Crippen MR) is 89.9 cm³/mol. The van der Waals surface area contributed by atoms with Gasteiger partial charge < -0.3 is 14.6 Å². The molecule has 0 fully saturated rings. The summed E-state index contributed by atoms with van der Waals surface area (Å²) in [6, 6.07) is 6.65. The van der Waals surface area contributed by atoms with E-state index in [0.29, 0.717) is 12.0 Å². The molecule has 1 N–H and O–H groups in total. The van der Waals surface area contributed by atoms with Gasteiger partial charge in [0.25, 0.3) is 0 Å². The average molecular weight is 288 g/mol. The molecule has 0 aliphatic rings. The number of nitrogens with zero attached hydrogens (tertiary/aromatic N) is 3. The summed E-state index contributed by atoms with van der Waals surface area (Å²) in [4.78, 5) is 7.16. The Morgan fingerprint density at radius 2 is 2.05 bits per heavy atom. The van der Waals surface area contributed by atoms with Crippen LogP contribution >= 0.6 is 0 Å². The van der Waals surface area contributed by atoms with Crippen molar-refractivity contribution in [1.82, 2.24) is 14.7 Å². The fourth-order valence-corrected chi connectivity index (χ4v) is 2.77. The highest BCUT2D eigenvalue weighted by Crippen LogP contribution is 2.24. The molecule has 0 aromatic carbocycles. The predicted octanol–water partition coefficient (Wildman–Crippen LogP) is 3.31. The minimum absolute atomic E-state index is 0.482. The van der Waals surface area contributed by atoms with Crippen LogP contribution in [0, 0.1) is 5.92 Å². The number of fused-ring (bicyclic) bond motifs is 1. The number of anilines is 1. The second kappa shape index (κ2) is 6.94. The van der Waals surface area contributed by atoms with Gasteiger partial charge in [-0.25, -0.2) is 4.98 Å². The van der Waals surface area contributed by atoms with Crippen LogP contribution in [0.5, 0.6) is 0 Å². The molecule has 1 unspecified atom stereocenters. The molecule has 21 heavy (non-hydrogen) atoms. The van der Waals surface area contributed by atoms with Gasteiger partial charge in [-0.1, -0.05) is 26.8 Å². The largest absolute Gasteiger partial charge is 0.355 e. The molecule has 2 aromatic rings. The monoisotopic (exact) mass is 288 g/mol. The summed E-state index contributed by atoms with van der Waals surface area (Å²) in [5.74, 6) is 1.78. The van der Waals surface area contributed by atoms with Gasteiger partial charge in [0.15, 0.2) is 5.82 Å². The summed E-state index contributed by atoms with van der Waals surface area (Å²) in [6.45, 7) is 10.8. The maximum atomic E-state index is 4.84. The molecule has 0 aliphatic heterocycles. The van der Waals surface area contributed by atoms with Crippen LogP contribution in [0.15, 0.2) is 24.4 Å². The zero-order valence-electron chi connectivity index (χ0n) is 13.9. The Hall–Kier alpha value is -1.55. The van der Waals surface area contributed by atoms with E-state index in [2.05, 4.69) is 67.7 Å². The zero-order valence-corrected chi connectivity index (χ0v) is 13.9. The van der Waals surface area contributed by atoms with Crippen LogP contribution in [0.1, 0.15) is 39.8 Å². The van der Waals surface area contributed by atoms with Gasteiger partial charge in [0, 0.05) is 25.8 Å². The third-order valence-electron chi connectivity index (χ3n) is 3.96. The van der Waals surface area contributed by atoms with Crippen molar-refractivity contribution in [2.24, 2.45) is 5.92 Å². The number of pyridine rings is 1. The molecule has 2 aromatic heterocycles. The highest BCUT2D eigenvalue weighted by molar-refractivity contribution is 5.56. The van der Waals surface area contributed by atoms with Crippen molar-refractivity contribution in [2.75, 3.05) is 18.5 Å². The maximum absolute atomic E-state index is 4.84. The number of aromatic nitrogens is 2. The smallest absolute Gasteiger partial charge is 0.152 e. The van der Waals surface area contributed by atoms with Crippen molar-refractivity contribution in [3.63, 3.8) is 0 Å². The lowest BCUT2D eigenvalue weighted by atomic mass is 10.0. The molecule has 0 amide bonds. The van der Waals surface area contributed by atoms with E-state index in [4.69, 9.17) is 4.98 Å². The molecule has 4 nitrogen and oxygen atoms in total. The fraction of sp³-hybridized carbons (Fsp3) is 0.588. The molecule has 0 bridgehead atoms. The lowest BCUT2D eigenvalue weighted by Crippen LogP contribution is -2.31. The van der Waals surface area contributed by atoms with E-state index in [0.717, 1.165) is 24.6 Å². The quantitative estimate of drug-likeness (QED) is 0.848. The molecule has 4 heteroatoms. The van der Waals surface area contributed by atoms with E-state index in [9.17, 15) is 0 Å². The third kappa shape index (κ3) is 3.56. The van der Waals surface area contributed by atoms with Gasteiger partial charge in [-0.2, -0.15) is 0 Å². The van der Waals surface area contributed by atoms with Crippen LogP contribution < -0.4 is 10.2 Å². The number of rotatable bonds is 7. The first-order chi connectivity index (χ1) is 10.0. The third-order valence-corrected chi connectivity index (χ3v) is 3.96. The Labute approximate surface area is 128 Å². The summed E-state index contributed by atoms with van der Waals surface area (Å²) < 4.78 is 2.19. The molecule has 1 atom stereocenters.